The molecule has 0 aliphatic carbocycles. The normalized spacial score (nSPS) is 11.5. The Balaban J connectivity index is 1.85. The lowest BCUT2D eigenvalue weighted by atomic mass is 10.1. The van der Waals surface area contributed by atoms with Gasteiger partial charge >= 0.3 is 6.18 Å². The number of nitrogens with zero attached hydrogens (tertiary/aromatic N) is 2. The molecule has 0 saturated carbocycles. The number of halogens is 3. The number of rotatable bonds is 4. The third-order valence-electron chi connectivity index (χ3n) is 4.50. The summed E-state index contributed by atoms with van der Waals surface area (Å²) in [7, 11) is 0. The largest absolute Gasteiger partial charge is 0.416 e. The van der Waals surface area contributed by atoms with Gasteiger partial charge in [0.05, 0.1) is 23.4 Å². The summed E-state index contributed by atoms with van der Waals surface area (Å²) in [4.78, 5) is 12.4. The molecule has 2 aromatic carbocycles. The first-order chi connectivity index (χ1) is 13.1. The highest BCUT2D eigenvalue weighted by Crippen LogP contribution is 2.31. The Labute approximate surface area is 161 Å². The van der Waals surface area contributed by atoms with Crippen molar-refractivity contribution in [2.75, 3.05) is 5.32 Å². The predicted molar refractivity (Wildman–Crippen MR) is 102 cm³/mol. The number of benzene rings is 2. The van der Waals surface area contributed by atoms with E-state index in [0.717, 1.165) is 17.7 Å². The van der Waals surface area contributed by atoms with Gasteiger partial charge in [-0.3, -0.25) is 4.79 Å². The first kappa shape index (κ1) is 19.7. The number of amides is 1. The van der Waals surface area contributed by atoms with Gasteiger partial charge in [0.25, 0.3) is 0 Å². The number of anilines is 1. The lowest BCUT2D eigenvalue weighted by molar-refractivity contribution is -0.137. The number of alkyl halides is 3. The predicted octanol–water partition coefficient (Wildman–Crippen LogP) is 5.00. The van der Waals surface area contributed by atoms with Crippen molar-refractivity contribution in [2.45, 2.75) is 33.4 Å². The van der Waals surface area contributed by atoms with Gasteiger partial charge in [0.15, 0.2) is 0 Å². The molecule has 0 aliphatic rings. The molecule has 0 spiro atoms. The highest BCUT2D eigenvalue weighted by Gasteiger charge is 2.30. The van der Waals surface area contributed by atoms with Crippen LogP contribution >= 0.6 is 0 Å². The summed E-state index contributed by atoms with van der Waals surface area (Å²) in [5.74, 6) is -0.208. The third kappa shape index (κ3) is 4.24. The molecule has 1 amide bonds. The van der Waals surface area contributed by atoms with E-state index in [2.05, 4.69) is 10.4 Å². The van der Waals surface area contributed by atoms with Crippen molar-refractivity contribution in [3.8, 4) is 5.69 Å². The number of aromatic nitrogens is 2. The zero-order valence-electron chi connectivity index (χ0n) is 15.8. The summed E-state index contributed by atoms with van der Waals surface area (Å²) in [5, 5.41) is 7.19. The second kappa shape index (κ2) is 7.50. The first-order valence-electron chi connectivity index (χ1n) is 8.74. The van der Waals surface area contributed by atoms with Crippen LogP contribution in [-0.4, -0.2) is 15.7 Å². The number of hydrogen-bond acceptors (Lipinski definition) is 2. The number of carbonyl (C=O) groups is 1. The fourth-order valence-corrected chi connectivity index (χ4v) is 3.08. The van der Waals surface area contributed by atoms with Crippen LogP contribution in [-0.2, 0) is 17.4 Å². The molecule has 28 heavy (non-hydrogen) atoms. The molecule has 0 bridgehead atoms. The second-order valence-electron chi connectivity index (χ2n) is 6.70. The van der Waals surface area contributed by atoms with Crippen LogP contribution in [0.2, 0.25) is 0 Å². The first-order valence-corrected chi connectivity index (χ1v) is 8.74. The molecular formula is C21H20F3N3O. The number of carbonyl (C=O) groups excluding carboxylic acids is 1. The molecule has 7 heteroatoms. The average molecular weight is 387 g/mol. The third-order valence-corrected chi connectivity index (χ3v) is 4.50. The van der Waals surface area contributed by atoms with Crippen LogP contribution in [0, 0.1) is 20.8 Å². The Hall–Kier alpha value is -3.09. The quantitative estimate of drug-likeness (QED) is 0.685. The monoisotopic (exact) mass is 387 g/mol. The van der Waals surface area contributed by atoms with Gasteiger partial charge in [0.1, 0.15) is 0 Å². The number of nitrogens with one attached hydrogen (secondary N) is 1. The van der Waals surface area contributed by atoms with E-state index in [1.165, 1.54) is 10.7 Å². The van der Waals surface area contributed by atoms with Crippen LogP contribution in [0.1, 0.15) is 28.1 Å². The summed E-state index contributed by atoms with van der Waals surface area (Å²) in [6.45, 7) is 5.42. The van der Waals surface area contributed by atoms with Crippen molar-refractivity contribution in [1.29, 1.82) is 0 Å². The molecule has 0 radical (unpaired) electrons. The van der Waals surface area contributed by atoms with Crippen molar-refractivity contribution in [2.24, 2.45) is 0 Å². The van der Waals surface area contributed by atoms with Gasteiger partial charge in [0.2, 0.25) is 5.91 Å². The summed E-state index contributed by atoms with van der Waals surface area (Å²) in [5.41, 5.74) is 3.23. The SMILES string of the molecule is Cc1cccc(NC(=O)Cc2c(C)nn(-c3cccc(C(F)(F)F)c3)c2C)c1. The molecule has 1 aromatic heterocycles. The zero-order valence-corrected chi connectivity index (χ0v) is 15.8. The van der Waals surface area contributed by atoms with E-state index in [1.807, 2.05) is 25.1 Å². The molecule has 0 saturated heterocycles. The Bertz CT molecular complexity index is 1020. The van der Waals surface area contributed by atoms with Crippen LogP contribution in [0.3, 0.4) is 0 Å². The second-order valence-corrected chi connectivity index (χ2v) is 6.70. The maximum absolute atomic E-state index is 13.0. The van der Waals surface area contributed by atoms with Gasteiger partial charge in [-0.2, -0.15) is 18.3 Å². The Morgan fingerprint density at radius 2 is 1.79 bits per heavy atom. The topological polar surface area (TPSA) is 46.9 Å². The summed E-state index contributed by atoms with van der Waals surface area (Å²) in [6, 6.07) is 12.4. The van der Waals surface area contributed by atoms with Crippen LogP contribution in [0.4, 0.5) is 18.9 Å². The van der Waals surface area contributed by atoms with E-state index in [9.17, 15) is 18.0 Å². The lowest BCUT2D eigenvalue weighted by Crippen LogP contribution is -2.15. The van der Waals surface area contributed by atoms with Crippen molar-refractivity contribution < 1.29 is 18.0 Å². The number of hydrogen-bond donors (Lipinski definition) is 1. The molecule has 3 aromatic rings. The van der Waals surface area contributed by atoms with Crippen LogP contribution in [0.5, 0.6) is 0 Å². The summed E-state index contributed by atoms with van der Waals surface area (Å²) in [6.07, 6.45) is -4.34. The van der Waals surface area contributed by atoms with E-state index in [4.69, 9.17) is 0 Å². The minimum atomic E-state index is -4.43. The van der Waals surface area contributed by atoms with Gasteiger partial charge in [-0.25, -0.2) is 4.68 Å². The zero-order chi connectivity index (χ0) is 20.5. The highest BCUT2D eigenvalue weighted by molar-refractivity contribution is 5.92. The summed E-state index contributed by atoms with van der Waals surface area (Å²) < 4.78 is 40.4. The Morgan fingerprint density at radius 3 is 2.46 bits per heavy atom. The van der Waals surface area contributed by atoms with Gasteiger partial charge in [0, 0.05) is 16.9 Å². The van der Waals surface area contributed by atoms with E-state index < -0.39 is 11.7 Å². The highest BCUT2D eigenvalue weighted by atomic mass is 19.4. The minimum Gasteiger partial charge on any atom is -0.326 e. The molecule has 0 fully saturated rings. The molecule has 3 rings (SSSR count). The lowest BCUT2D eigenvalue weighted by Gasteiger charge is -2.10. The maximum atomic E-state index is 13.0. The summed E-state index contributed by atoms with van der Waals surface area (Å²) >= 11 is 0. The van der Waals surface area contributed by atoms with E-state index in [0.29, 0.717) is 28.3 Å². The standard InChI is InChI=1S/C21H20F3N3O/c1-13-6-4-8-17(10-13)25-20(28)12-19-14(2)26-27(15(19)3)18-9-5-7-16(11-18)21(22,23)24/h4-11H,12H2,1-3H3,(H,25,28). The molecular weight excluding hydrogens is 367 g/mol. The average Bonchev–Trinajstić information content (AvgIpc) is 2.89. The maximum Gasteiger partial charge on any atom is 0.416 e. The fraction of sp³-hybridized carbons (Fsp3) is 0.238. The van der Waals surface area contributed by atoms with E-state index in [1.54, 1.807) is 26.0 Å². The van der Waals surface area contributed by atoms with Gasteiger partial charge < -0.3 is 5.32 Å². The van der Waals surface area contributed by atoms with E-state index >= 15 is 0 Å². The van der Waals surface area contributed by atoms with Crippen molar-refractivity contribution in [3.05, 3.63) is 76.6 Å². The van der Waals surface area contributed by atoms with Crippen molar-refractivity contribution in [1.82, 2.24) is 9.78 Å². The molecule has 0 aliphatic heterocycles. The Kier molecular flexibility index (Phi) is 5.27. The molecule has 4 nitrogen and oxygen atoms in total. The van der Waals surface area contributed by atoms with Gasteiger partial charge in [-0.05, 0) is 56.7 Å². The van der Waals surface area contributed by atoms with Crippen LogP contribution < -0.4 is 5.32 Å². The smallest absolute Gasteiger partial charge is 0.326 e. The van der Waals surface area contributed by atoms with Gasteiger partial charge in [-0.15, -0.1) is 0 Å². The van der Waals surface area contributed by atoms with E-state index in [-0.39, 0.29) is 12.3 Å². The molecule has 146 valence electrons. The number of aryl methyl sites for hydroxylation is 2. The van der Waals surface area contributed by atoms with Crippen molar-refractivity contribution >= 4 is 11.6 Å². The van der Waals surface area contributed by atoms with Gasteiger partial charge in [-0.1, -0.05) is 18.2 Å². The Morgan fingerprint density at radius 1 is 1.07 bits per heavy atom. The van der Waals surface area contributed by atoms with Crippen LogP contribution in [0.15, 0.2) is 48.5 Å². The van der Waals surface area contributed by atoms with Crippen LogP contribution in [0.25, 0.3) is 5.69 Å². The van der Waals surface area contributed by atoms with Crippen molar-refractivity contribution in [3.63, 3.8) is 0 Å². The molecule has 0 atom stereocenters. The molecule has 1 heterocycles. The minimum absolute atomic E-state index is 0.0879. The molecule has 1 N–H and O–H groups in total. The fourth-order valence-electron chi connectivity index (χ4n) is 3.08. The molecule has 0 unspecified atom stereocenters.